The number of nitrogens with one attached hydrogen (secondary N) is 2. The van der Waals surface area contributed by atoms with Crippen LogP contribution < -0.4 is 21.3 Å². The van der Waals surface area contributed by atoms with Gasteiger partial charge in [-0.25, -0.2) is 5.48 Å². The lowest BCUT2D eigenvalue weighted by Gasteiger charge is -2.22. The molecule has 7 nitrogen and oxygen atoms in total. The summed E-state index contributed by atoms with van der Waals surface area (Å²) in [6.07, 6.45) is 0. The average molecular weight is 309 g/mol. The first kappa shape index (κ1) is 17.9. The maximum Gasteiger partial charge on any atom is 0.267 e. The Morgan fingerprint density at radius 3 is 2.18 bits per heavy atom. The van der Waals surface area contributed by atoms with Gasteiger partial charge in [0.25, 0.3) is 11.8 Å². The van der Waals surface area contributed by atoms with Gasteiger partial charge in [-0.05, 0) is 52.0 Å². The van der Waals surface area contributed by atoms with Crippen LogP contribution in [0.25, 0.3) is 0 Å². The summed E-state index contributed by atoms with van der Waals surface area (Å²) >= 11 is 0. The smallest absolute Gasteiger partial charge is 0.267 e. The fraction of sp³-hybridized carbons (Fsp3) is 0.467. The highest BCUT2D eigenvalue weighted by molar-refractivity contribution is 5.97. The molecule has 0 fully saturated rings. The molecule has 1 aromatic carbocycles. The predicted molar refractivity (Wildman–Crippen MR) is 81.7 cm³/mol. The van der Waals surface area contributed by atoms with Crippen molar-refractivity contribution in [2.45, 2.75) is 45.4 Å². The molecule has 0 saturated heterocycles. The molecule has 0 aromatic heterocycles. The number of nitrogens with two attached hydrogens (primary N) is 1. The van der Waals surface area contributed by atoms with Gasteiger partial charge in [-0.1, -0.05) is 0 Å². The van der Waals surface area contributed by atoms with Gasteiger partial charge in [0.2, 0.25) is 0 Å². The summed E-state index contributed by atoms with van der Waals surface area (Å²) in [7, 11) is 0. The maximum atomic E-state index is 12.1. The number of rotatable bonds is 5. The fourth-order valence-electron chi connectivity index (χ4n) is 1.76. The zero-order valence-electron chi connectivity index (χ0n) is 13.2. The Morgan fingerprint density at radius 1 is 1.23 bits per heavy atom. The molecule has 0 aliphatic heterocycles. The zero-order valence-corrected chi connectivity index (χ0v) is 13.2. The monoisotopic (exact) mass is 309 g/mol. The molecule has 1 rings (SSSR count). The van der Waals surface area contributed by atoms with E-state index in [9.17, 15) is 9.59 Å². The molecule has 0 aliphatic carbocycles. The Morgan fingerprint density at radius 2 is 1.77 bits per heavy atom. The number of benzene rings is 1. The molecule has 0 spiro atoms. The lowest BCUT2D eigenvalue weighted by molar-refractivity contribution is -0.131. The highest BCUT2D eigenvalue weighted by Crippen LogP contribution is 2.18. The molecular formula is C15H23N3O4. The van der Waals surface area contributed by atoms with Crippen molar-refractivity contribution in [3.63, 3.8) is 0 Å². The molecule has 122 valence electrons. The van der Waals surface area contributed by atoms with Crippen LogP contribution in [0, 0.1) is 0 Å². The molecule has 0 saturated carbocycles. The summed E-state index contributed by atoms with van der Waals surface area (Å²) < 4.78 is 5.66. The standard InChI is InChI=1S/C15H23N3O4/c1-9(16)12(14(20)18-21)17-13(19)10-5-7-11(8-6-10)22-15(2,3)4/h5-9,12,21H,16H2,1-4H3,(H,17,19)(H,18,20)/t9-,12+/m1/s1. The summed E-state index contributed by atoms with van der Waals surface area (Å²) in [5.41, 5.74) is 7.14. The largest absolute Gasteiger partial charge is 0.488 e. The van der Waals surface area contributed by atoms with Crippen molar-refractivity contribution in [2.24, 2.45) is 5.73 Å². The number of hydroxylamine groups is 1. The van der Waals surface area contributed by atoms with Gasteiger partial charge in [0.1, 0.15) is 17.4 Å². The van der Waals surface area contributed by atoms with Gasteiger partial charge in [-0.15, -0.1) is 0 Å². The van der Waals surface area contributed by atoms with Gasteiger partial charge in [-0.2, -0.15) is 0 Å². The van der Waals surface area contributed by atoms with Crippen molar-refractivity contribution in [2.75, 3.05) is 0 Å². The van der Waals surface area contributed by atoms with Gasteiger partial charge in [-0.3, -0.25) is 14.8 Å². The molecule has 2 amide bonds. The van der Waals surface area contributed by atoms with Crippen LogP contribution in [-0.2, 0) is 4.79 Å². The molecule has 0 heterocycles. The van der Waals surface area contributed by atoms with Crippen LogP contribution in [0.1, 0.15) is 38.1 Å². The zero-order chi connectivity index (χ0) is 16.9. The Balaban J connectivity index is 2.79. The van der Waals surface area contributed by atoms with E-state index in [0.717, 1.165) is 0 Å². The minimum Gasteiger partial charge on any atom is -0.488 e. The molecule has 22 heavy (non-hydrogen) atoms. The predicted octanol–water partition coefficient (Wildman–Crippen LogP) is 0.815. The van der Waals surface area contributed by atoms with Crippen LogP contribution in [0.5, 0.6) is 5.75 Å². The highest BCUT2D eigenvalue weighted by Gasteiger charge is 2.24. The topological polar surface area (TPSA) is 114 Å². The first-order chi connectivity index (χ1) is 10.1. The molecule has 0 unspecified atom stereocenters. The summed E-state index contributed by atoms with van der Waals surface area (Å²) in [6, 6.07) is 4.85. The molecule has 5 N–H and O–H groups in total. The molecule has 0 radical (unpaired) electrons. The van der Waals surface area contributed by atoms with Crippen molar-refractivity contribution in [1.82, 2.24) is 10.8 Å². The number of ether oxygens (including phenoxy) is 1. The van der Waals surface area contributed by atoms with Gasteiger partial charge >= 0.3 is 0 Å². The number of amides is 2. The van der Waals surface area contributed by atoms with E-state index in [0.29, 0.717) is 11.3 Å². The highest BCUT2D eigenvalue weighted by atomic mass is 16.5. The third-order valence-corrected chi connectivity index (χ3v) is 2.75. The second-order valence-electron chi connectivity index (χ2n) is 6.03. The van der Waals surface area contributed by atoms with Crippen LogP contribution in [0.15, 0.2) is 24.3 Å². The van der Waals surface area contributed by atoms with Gasteiger partial charge < -0.3 is 15.8 Å². The third kappa shape index (κ3) is 5.34. The maximum absolute atomic E-state index is 12.1. The van der Waals surface area contributed by atoms with E-state index in [1.165, 1.54) is 5.48 Å². The molecule has 7 heteroatoms. The van der Waals surface area contributed by atoms with Gasteiger partial charge in [0.05, 0.1) is 0 Å². The van der Waals surface area contributed by atoms with Crippen LogP contribution in [0.2, 0.25) is 0 Å². The quantitative estimate of drug-likeness (QED) is 0.475. The summed E-state index contributed by atoms with van der Waals surface area (Å²) in [4.78, 5) is 23.6. The van der Waals surface area contributed by atoms with Crippen LogP contribution in [0.4, 0.5) is 0 Å². The average Bonchev–Trinajstić information content (AvgIpc) is 2.42. The number of hydrogen-bond acceptors (Lipinski definition) is 5. The summed E-state index contributed by atoms with van der Waals surface area (Å²) in [5, 5.41) is 11.1. The second-order valence-corrected chi connectivity index (χ2v) is 6.03. The normalized spacial score (nSPS) is 13.9. The Bertz CT molecular complexity index is 521. The van der Waals surface area contributed by atoms with Crippen molar-refractivity contribution in [3.05, 3.63) is 29.8 Å². The minimum atomic E-state index is -1.02. The van der Waals surface area contributed by atoms with Crippen molar-refractivity contribution in [3.8, 4) is 5.75 Å². The van der Waals surface area contributed by atoms with Gasteiger partial charge in [0, 0.05) is 11.6 Å². The summed E-state index contributed by atoms with van der Waals surface area (Å²) in [6.45, 7) is 7.33. The van der Waals surface area contributed by atoms with Crippen LogP contribution in [-0.4, -0.2) is 34.7 Å². The SMILES string of the molecule is C[C@@H](N)[C@H](NC(=O)c1ccc(OC(C)(C)C)cc1)C(=O)NO. The Labute approximate surface area is 129 Å². The number of carbonyl (C=O) groups is 2. The van der Waals surface area contributed by atoms with Crippen LogP contribution >= 0.6 is 0 Å². The molecule has 0 aliphatic rings. The Hall–Kier alpha value is -2.12. The first-order valence-corrected chi connectivity index (χ1v) is 6.93. The van der Waals surface area contributed by atoms with E-state index in [1.54, 1.807) is 31.2 Å². The molecule has 2 atom stereocenters. The van der Waals surface area contributed by atoms with Gasteiger partial charge in [0.15, 0.2) is 0 Å². The van der Waals surface area contributed by atoms with E-state index < -0.39 is 23.9 Å². The lowest BCUT2D eigenvalue weighted by Crippen LogP contribution is -2.54. The first-order valence-electron chi connectivity index (χ1n) is 6.93. The summed E-state index contributed by atoms with van der Waals surface area (Å²) in [5.74, 6) is -0.592. The van der Waals surface area contributed by atoms with E-state index in [-0.39, 0.29) is 5.60 Å². The molecule has 0 bridgehead atoms. The third-order valence-electron chi connectivity index (χ3n) is 2.75. The molecular weight excluding hydrogens is 286 g/mol. The Kier molecular flexibility index (Phi) is 5.90. The van der Waals surface area contributed by atoms with Crippen LogP contribution in [0.3, 0.4) is 0 Å². The molecule has 1 aromatic rings. The van der Waals surface area contributed by atoms with Crippen molar-refractivity contribution < 1.29 is 19.5 Å². The van der Waals surface area contributed by atoms with Crippen molar-refractivity contribution >= 4 is 11.8 Å². The van der Waals surface area contributed by atoms with E-state index in [1.807, 2.05) is 20.8 Å². The number of hydrogen-bond donors (Lipinski definition) is 4. The van der Waals surface area contributed by atoms with E-state index in [2.05, 4.69) is 5.32 Å². The number of carbonyl (C=O) groups excluding carboxylic acids is 2. The van der Waals surface area contributed by atoms with E-state index in [4.69, 9.17) is 15.7 Å². The van der Waals surface area contributed by atoms with E-state index >= 15 is 0 Å². The fourth-order valence-corrected chi connectivity index (χ4v) is 1.76. The van der Waals surface area contributed by atoms with Crippen molar-refractivity contribution in [1.29, 1.82) is 0 Å². The lowest BCUT2D eigenvalue weighted by atomic mass is 10.1. The second kappa shape index (κ2) is 7.24. The minimum absolute atomic E-state index is 0.330.